The standard InChI is InChI=1S/C11H18N2O4/c12-11(6-17-7-11)5-9(14)13-10(15)8-1-3-16-4-2-8/h8H,1-7,12H2,(H,13,14,15). The summed E-state index contributed by atoms with van der Waals surface area (Å²) in [7, 11) is 0. The Balaban J connectivity index is 1.75. The Bertz CT molecular complexity index is 309. The predicted molar refractivity (Wildman–Crippen MR) is 59.0 cm³/mol. The number of carbonyl (C=O) groups is 2. The molecule has 6 heteroatoms. The van der Waals surface area contributed by atoms with Gasteiger partial charge >= 0.3 is 0 Å². The van der Waals surface area contributed by atoms with Gasteiger partial charge < -0.3 is 15.2 Å². The zero-order chi connectivity index (χ0) is 12.3. The van der Waals surface area contributed by atoms with Crippen molar-refractivity contribution in [3.63, 3.8) is 0 Å². The van der Waals surface area contributed by atoms with E-state index in [4.69, 9.17) is 15.2 Å². The van der Waals surface area contributed by atoms with Crippen molar-refractivity contribution in [1.82, 2.24) is 5.32 Å². The SMILES string of the molecule is NC1(CC(=O)NC(=O)C2CCOCC2)COC1. The van der Waals surface area contributed by atoms with Crippen molar-refractivity contribution in [2.45, 2.75) is 24.8 Å². The second kappa shape index (κ2) is 5.12. The molecule has 2 saturated heterocycles. The molecule has 96 valence electrons. The second-order valence-electron chi connectivity index (χ2n) is 4.83. The topological polar surface area (TPSA) is 90.7 Å². The number of ether oxygens (including phenoxy) is 2. The number of nitrogens with two attached hydrogens (primary N) is 1. The van der Waals surface area contributed by atoms with Gasteiger partial charge in [-0.15, -0.1) is 0 Å². The lowest BCUT2D eigenvalue weighted by atomic mass is 9.93. The normalized spacial score (nSPS) is 23.8. The highest BCUT2D eigenvalue weighted by Gasteiger charge is 2.37. The average molecular weight is 242 g/mol. The Hall–Kier alpha value is -0.980. The molecule has 2 aliphatic rings. The molecule has 0 aromatic carbocycles. The second-order valence-corrected chi connectivity index (χ2v) is 4.83. The molecule has 0 aromatic rings. The minimum Gasteiger partial charge on any atom is -0.381 e. The Labute approximate surface area is 99.8 Å². The van der Waals surface area contributed by atoms with Crippen molar-refractivity contribution in [2.24, 2.45) is 11.7 Å². The van der Waals surface area contributed by atoms with Gasteiger partial charge in [-0.25, -0.2) is 0 Å². The Morgan fingerprint density at radius 3 is 2.41 bits per heavy atom. The molecule has 0 atom stereocenters. The summed E-state index contributed by atoms with van der Waals surface area (Å²) in [4.78, 5) is 23.3. The van der Waals surface area contributed by atoms with Crippen LogP contribution in [0.4, 0.5) is 0 Å². The van der Waals surface area contributed by atoms with Crippen LogP contribution >= 0.6 is 0 Å². The van der Waals surface area contributed by atoms with E-state index in [1.807, 2.05) is 0 Å². The molecule has 2 heterocycles. The van der Waals surface area contributed by atoms with Crippen LogP contribution < -0.4 is 11.1 Å². The van der Waals surface area contributed by atoms with Gasteiger partial charge in [0.2, 0.25) is 11.8 Å². The van der Waals surface area contributed by atoms with Crippen molar-refractivity contribution < 1.29 is 19.1 Å². The fraction of sp³-hybridized carbons (Fsp3) is 0.818. The molecule has 0 aliphatic carbocycles. The van der Waals surface area contributed by atoms with Crippen LogP contribution in [0.15, 0.2) is 0 Å². The van der Waals surface area contributed by atoms with Crippen molar-refractivity contribution in [3.8, 4) is 0 Å². The van der Waals surface area contributed by atoms with E-state index in [9.17, 15) is 9.59 Å². The average Bonchev–Trinajstić information content (AvgIpc) is 2.28. The lowest BCUT2D eigenvalue weighted by molar-refractivity contribution is -0.137. The molecular formula is C11H18N2O4. The van der Waals surface area contributed by atoms with Crippen molar-refractivity contribution >= 4 is 11.8 Å². The first-order valence-electron chi connectivity index (χ1n) is 5.87. The number of hydrogen-bond acceptors (Lipinski definition) is 5. The summed E-state index contributed by atoms with van der Waals surface area (Å²) in [6.07, 6.45) is 1.49. The summed E-state index contributed by atoms with van der Waals surface area (Å²) in [5.74, 6) is -0.631. The minimum absolute atomic E-state index is 0.112. The van der Waals surface area contributed by atoms with Gasteiger partial charge in [0.25, 0.3) is 0 Å². The van der Waals surface area contributed by atoms with Crippen LogP contribution in [0.5, 0.6) is 0 Å². The number of rotatable bonds is 3. The van der Waals surface area contributed by atoms with Gasteiger partial charge in [0, 0.05) is 25.6 Å². The fourth-order valence-electron chi connectivity index (χ4n) is 2.03. The van der Waals surface area contributed by atoms with E-state index in [-0.39, 0.29) is 24.2 Å². The molecule has 2 rings (SSSR count). The summed E-state index contributed by atoms with van der Waals surface area (Å²) in [6.45, 7) is 1.93. The Morgan fingerprint density at radius 2 is 1.88 bits per heavy atom. The highest BCUT2D eigenvalue weighted by molar-refractivity contribution is 5.96. The molecule has 0 saturated carbocycles. The van der Waals surface area contributed by atoms with E-state index in [1.165, 1.54) is 0 Å². The highest BCUT2D eigenvalue weighted by Crippen LogP contribution is 2.18. The molecular weight excluding hydrogens is 224 g/mol. The maximum absolute atomic E-state index is 11.7. The van der Waals surface area contributed by atoms with Gasteiger partial charge in [-0.1, -0.05) is 0 Å². The molecule has 0 radical (unpaired) electrons. The van der Waals surface area contributed by atoms with E-state index in [0.29, 0.717) is 39.3 Å². The van der Waals surface area contributed by atoms with Gasteiger partial charge in [-0.2, -0.15) is 0 Å². The lowest BCUT2D eigenvalue weighted by Gasteiger charge is -2.37. The molecule has 2 aliphatic heterocycles. The molecule has 17 heavy (non-hydrogen) atoms. The maximum Gasteiger partial charge on any atom is 0.229 e. The first kappa shape index (κ1) is 12.5. The molecule has 0 aromatic heterocycles. The third kappa shape index (κ3) is 3.24. The Kier molecular flexibility index (Phi) is 3.76. The van der Waals surface area contributed by atoms with E-state index in [0.717, 1.165) is 0 Å². The third-order valence-electron chi connectivity index (χ3n) is 3.15. The van der Waals surface area contributed by atoms with Crippen LogP contribution in [0.3, 0.4) is 0 Å². The lowest BCUT2D eigenvalue weighted by Crippen LogP contribution is -2.59. The van der Waals surface area contributed by atoms with Crippen LogP contribution in [-0.2, 0) is 19.1 Å². The molecule has 2 amide bonds. The van der Waals surface area contributed by atoms with Gasteiger partial charge in [0.1, 0.15) is 0 Å². The first-order valence-corrected chi connectivity index (χ1v) is 5.87. The van der Waals surface area contributed by atoms with Crippen molar-refractivity contribution in [2.75, 3.05) is 26.4 Å². The maximum atomic E-state index is 11.7. The molecule has 0 spiro atoms. The predicted octanol–water partition coefficient (Wildman–Crippen LogP) is -0.826. The fourth-order valence-corrected chi connectivity index (χ4v) is 2.03. The summed E-state index contributed by atoms with van der Waals surface area (Å²) in [5, 5.41) is 2.40. The summed E-state index contributed by atoms with van der Waals surface area (Å²) in [5.41, 5.74) is 5.26. The molecule has 0 bridgehead atoms. The van der Waals surface area contributed by atoms with Gasteiger partial charge in [-0.3, -0.25) is 14.9 Å². The summed E-state index contributed by atoms with van der Waals surface area (Å²) >= 11 is 0. The zero-order valence-corrected chi connectivity index (χ0v) is 9.74. The quantitative estimate of drug-likeness (QED) is 0.674. The van der Waals surface area contributed by atoms with E-state index >= 15 is 0 Å². The molecule has 0 unspecified atom stereocenters. The zero-order valence-electron chi connectivity index (χ0n) is 9.74. The van der Waals surface area contributed by atoms with E-state index in [1.54, 1.807) is 0 Å². The van der Waals surface area contributed by atoms with Gasteiger partial charge in [0.15, 0.2) is 0 Å². The van der Waals surface area contributed by atoms with E-state index in [2.05, 4.69) is 5.32 Å². The van der Waals surface area contributed by atoms with Crippen LogP contribution in [0, 0.1) is 5.92 Å². The molecule has 3 N–H and O–H groups in total. The third-order valence-corrected chi connectivity index (χ3v) is 3.15. The minimum atomic E-state index is -0.583. The van der Waals surface area contributed by atoms with Crippen molar-refractivity contribution in [1.29, 1.82) is 0 Å². The number of hydrogen-bond donors (Lipinski definition) is 2. The van der Waals surface area contributed by atoms with Crippen LogP contribution in [0.2, 0.25) is 0 Å². The Morgan fingerprint density at radius 1 is 1.24 bits per heavy atom. The number of imide groups is 1. The molecule has 6 nitrogen and oxygen atoms in total. The van der Waals surface area contributed by atoms with Gasteiger partial charge in [-0.05, 0) is 12.8 Å². The summed E-state index contributed by atoms with van der Waals surface area (Å²) in [6, 6.07) is 0. The highest BCUT2D eigenvalue weighted by atomic mass is 16.5. The largest absolute Gasteiger partial charge is 0.381 e. The smallest absolute Gasteiger partial charge is 0.229 e. The number of amides is 2. The molecule has 2 fully saturated rings. The monoisotopic (exact) mass is 242 g/mol. The van der Waals surface area contributed by atoms with Crippen molar-refractivity contribution in [3.05, 3.63) is 0 Å². The first-order chi connectivity index (χ1) is 8.09. The number of nitrogens with one attached hydrogen (secondary N) is 1. The number of carbonyl (C=O) groups excluding carboxylic acids is 2. The van der Waals surface area contributed by atoms with Crippen LogP contribution in [-0.4, -0.2) is 43.8 Å². The van der Waals surface area contributed by atoms with Crippen LogP contribution in [0.1, 0.15) is 19.3 Å². The van der Waals surface area contributed by atoms with Gasteiger partial charge in [0.05, 0.1) is 18.8 Å². The summed E-state index contributed by atoms with van der Waals surface area (Å²) < 4.78 is 10.1. The van der Waals surface area contributed by atoms with Crippen LogP contribution in [0.25, 0.3) is 0 Å². The van der Waals surface area contributed by atoms with E-state index < -0.39 is 5.54 Å².